The molecule has 2 nitrogen and oxygen atoms in total. The minimum Gasteiger partial charge on any atom is -0.288 e. The van der Waals surface area contributed by atoms with Gasteiger partial charge in [0.2, 0.25) is 0 Å². The van der Waals surface area contributed by atoms with Crippen molar-refractivity contribution in [2.45, 2.75) is 0 Å². The summed E-state index contributed by atoms with van der Waals surface area (Å²) in [5, 5.41) is 0.0983. The zero-order valence-corrected chi connectivity index (χ0v) is 9.21. The fraction of sp³-hybridized carbons (Fsp3) is 0. The molecule has 0 amide bonds. The molecule has 0 aliphatic rings. The standard InChI is InChI=1S/C12H6ClF2NO/c13-10-6-16-4-3-8(10)12(17)9-5-7(14)1-2-11(9)15/h1-6H. The van der Waals surface area contributed by atoms with E-state index in [1.807, 2.05) is 0 Å². The van der Waals surface area contributed by atoms with E-state index >= 15 is 0 Å². The van der Waals surface area contributed by atoms with Gasteiger partial charge in [-0.1, -0.05) is 11.6 Å². The highest BCUT2D eigenvalue weighted by molar-refractivity contribution is 6.34. The van der Waals surface area contributed by atoms with Crippen LogP contribution in [0.25, 0.3) is 0 Å². The minimum absolute atomic E-state index is 0.0890. The second-order valence-corrected chi connectivity index (χ2v) is 3.72. The van der Waals surface area contributed by atoms with E-state index in [-0.39, 0.29) is 16.1 Å². The average Bonchev–Trinajstić information content (AvgIpc) is 2.32. The lowest BCUT2D eigenvalue weighted by atomic mass is 10.0. The Morgan fingerprint density at radius 2 is 1.94 bits per heavy atom. The van der Waals surface area contributed by atoms with Gasteiger partial charge in [0.1, 0.15) is 11.6 Å². The predicted octanol–water partition coefficient (Wildman–Crippen LogP) is 3.24. The van der Waals surface area contributed by atoms with E-state index in [1.54, 1.807) is 0 Å². The molecule has 1 aromatic carbocycles. The van der Waals surface area contributed by atoms with Crippen LogP contribution < -0.4 is 0 Å². The number of nitrogens with zero attached hydrogens (tertiary/aromatic N) is 1. The van der Waals surface area contributed by atoms with Gasteiger partial charge in [-0.05, 0) is 24.3 Å². The summed E-state index contributed by atoms with van der Waals surface area (Å²) in [4.78, 5) is 15.6. The third-order valence-corrected chi connectivity index (χ3v) is 2.49. The van der Waals surface area contributed by atoms with Crippen LogP contribution in [-0.4, -0.2) is 10.8 Å². The minimum atomic E-state index is -0.788. The van der Waals surface area contributed by atoms with Gasteiger partial charge in [-0.25, -0.2) is 8.78 Å². The molecular formula is C12H6ClF2NO. The van der Waals surface area contributed by atoms with Gasteiger partial charge < -0.3 is 0 Å². The number of hydrogen-bond donors (Lipinski definition) is 0. The number of aromatic nitrogens is 1. The Kier molecular flexibility index (Phi) is 3.15. The molecule has 0 saturated carbocycles. The largest absolute Gasteiger partial charge is 0.288 e. The van der Waals surface area contributed by atoms with Crippen LogP contribution in [0.15, 0.2) is 36.7 Å². The molecule has 1 heterocycles. The Labute approximate surface area is 101 Å². The van der Waals surface area contributed by atoms with Gasteiger partial charge in [0, 0.05) is 18.0 Å². The third-order valence-electron chi connectivity index (χ3n) is 2.19. The third kappa shape index (κ3) is 2.31. The van der Waals surface area contributed by atoms with Crippen molar-refractivity contribution in [3.05, 3.63) is 64.4 Å². The van der Waals surface area contributed by atoms with Crippen LogP contribution in [0.3, 0.4) is 0 Å². The number of pyridine rings is 1. The van der Waals surface area contributed by atoms with Gasteiger partial charge >= 0.3 is 0 Å². The maximum absolute atomic E-state index is 13.4. The number of hydrogen-bond acceptors (Lipinski definition) is 2. The fourth-order valence-corrected chi connectivity index (χ4v) is 1.58. The first kappa shape index (κ1) is 11.7. The van der Waals surface area contributed by atoms with Crippen LogP contribution in [0.5, 0.6) is 0 Å². The van der Waals surface area contributed by atoms with Crippen LogP contribution >= 0.6 is 11.6 Å². The lowest BCUT2D eigenvalue weighted by Gasteiger charge is -2.04. The Morgan fingerprint density at radius 3 is 2.65 bits per heavy atom. The average molecular weight is 254 g/mol. The number of carbonyl (C=O) groups is 1. The van der Waals surface area contributed by atoms with E-state index in [4.69, 9.17) is 11.6 Å². The summed E-state index contributed by atoms with van der Waals surface area (Å²) in [5.41, 5.74) is -0.260. The molecule has 0 atom stereocenters. The van der Waals surface area contributed by atoms with Crippen LogP contribution in [0.4, 0.5) is 8.78 Å². The van der Waals surface area contributed by atoms with E-state index < -0.39 is 17.4 Å². The molecule has 0 bridgehead atoms. The molecule has 0 saturated heterocycles. The van der Waals surface area contributed by atoms with Gasteiger partial charge in [0.25, 0.3) is 0 Å². The maximum Gasteiger partial charge on any atom is 0.197 e. The normalized spacial score (nSPS) is 10.3. The molecule has 0 fully saturated rings. The lowest BCUT2D eigenvalue weighted by molar-refractivity contribution is 0.103. The van der Waals surface area contributed by atoms with Crippen LogP contribution in [0, 0.1) is 11.6 Å². The molecule has 17 heavy (non-hydrogen) atoms. The van der Waals surface area contributed by atoms with Crippen molar-refractivity contribution in [3.8, 4) is 0 Å². The molecule has 0 spiro atoms. The van der Waals surface area contributed by atoms with Gasteiger partial charge in [0.15, 0.2) is 5.78 Å². The number of halogens is 3. The first-order valence-corrected chi connectivity index (χ1v) is 5.06. The fourth-order valence-electron chi connectivity index (χ4n) is 1.38. The first-order valence-electron chi connectivity index (χ1n) is 4.69. The molecule has 1 aromatic heterocycles. The van der Waals surface area contributed by atoms with Gasteiger partial charge in [-0.2, -0.15) is 0 Å². The zero-order chi connectivity index (χ0) is 12.4. The molecule has 0 aliphatic heterocycles. The molecule has 0 N–H and O–H groups in total. The second-order valence-electron chi connectivity index (χ2n) is 3.31. The van der Waals surface area contributed by atoms with Crippen LogP contribution in [-0.2, 0) is 0 Å². The molecule has 2 rings (SSSR count). The number of benzene rings is 1. The van der Waals surface area contributed by atoms with Gasteiger partial charge in [-0.15, -0.1) is 0 Å². The lowest BCUT2D eigenvalue weighted by Crippen LogP contribution is -2.05. The molecule has 2 aromatic rings. The van der Waals surface area contributed by atoms with Crippen molar-refractivity contribution in [2.24, 2.45) is 0 Å². The Morgan fingerprint density at radius 1 is 1.18 bits per heavy atom. The van der Waals surface area contributed by atoms with Gasteiger partial charge in [-0.3, -0.25) is 9.78 Å². The number of rotatable bonds is 2. The molecule has 0 radical (unpaired) electrons. The summed E-state index contributed by atoms with van der Waals surface area (Å²) in [6, 6.07) is 4.04. The monoisotopic (exact) mass is 253 g/mol. The first-order chi connectivity index (χ1) is 8.09. The molecule has 5 heteroatoms. The molecular weight excluding hydrogens is 248 g/mol. The second kappa shape index (κ2) is 4.59. The maximum atomic E-state index is 13.4. The molecule has 0 unspecified atom stereocenters. The van der Waals surface area contributed by atoms with Gasteiger partial charge in [0.05, 0.1) is 10.6 Å². The SMILES string of the molecule is O=C(c1cc(F)ccc1F)c1ccncc1Cl. The van der Waals surface area contributed by atoms with Crippen molar-refractivity contribution >= 4 is 17.4 Å². The van der Waals surface area contributed by atoms with E-state index in [2.05, 4.69) is 4.98 Å². The summed E-state index contributed by atoms with van der Waals surface area (Å²) >= 11 is 5.76. The topological polar surface area (TPSA) is 30.0 Å². The predicted molar refractivity (Wildman–Crippen MR) is 59.0 cm³/mol. The molecule has 0 aliphatic carbocycles. The Balaban J connectivity index is 2.51. The summed E-state index contributed by atoms with van der Waals surface area (Å²) in [6.07, 6.45) is 2.63. The van der Waals surface area contributed by atoms with Crippen LogP contribution in [0.2, 0.25) is 5.02 Å². The van der Waals surface area contributed by atoms with Crippen molar-refractivity contribution < 1.29 is 13.6 Å². The Hall–Kier alpha value is -1.81. The smallest absolute Gasteiger partial charge is 0.197 e. The molecule has 86 valence electrons. The van der Waals surface area contributed by atoms with Crippen LogP contribution in [0.1, 0.15) is 15.9 Å². The van der Waals surface area contributed by atoms with Crippen molar-refractivity contribution in [1.29, 1.82) is 0 Å². The summed E-state index contributed by atoms with van der Waals surface area (Å²) in [7, 11) is 0. The summed E-state index contributed by atoms with van der Waals surface area (Å²) in [5.74, 6) is -2.14. The number of ketones is 1. The van der Waals surface area contributed by atoms with Crippen molar-refractivity contribution in [3.63, 3.8) is 0 Å². The highest BCUT2D eigenvalue weighted by atomic mass is 35.5. The van der Waals surface area contributed by atoms with E-state index in [0.717, 1.165) is 18.2 Å². The highest BCUT2D eigenvalue weighted by Gasteiger charge is 2.17. The van der Waals surface area contributed by atoms with E-state index in [9.17, 15) is 13.6 Å². The van der Waals surface area contributed by atoms with Crippen molar-refractivity contribution in [2.75, 3.05) is 0 Å². The van der Waals surface area contributed by atoms with Crippen molar-refractivity contribution in [1.82, 2.24) is 4.98 Å². The van der Waals surface area contributed by atoms with E-state index in [1.165, 1.54) is 18.5 Å². The Bertz CT molecular complexity index is 586. The summed E-state index contributed by atoms with van der Waals surface area (Å²) < 4.78 is 26.4. The highest BCUT2D eigenvalue weighted by Crippen LogP contribution is 2.20. The van der Waals surface area contributed by atoms with E-state index in [0.29, 0.717) is 0 Å². The number of carbonyl (C=O) groups excluding carboxylic acids is 1. The quantitative estimate of drug-likeness (QED) is 0.769. The zero-order valence-electron chi connectivity index (χ0n) is 8.45. The summed E-state index contributed by atoms with van der Waals surface area (Å²) in [6.45, 7) is 0.